The van der Waals surface area contributed by atoms with E-state index in [4.69, 9.17) is 0 Å². The van der Waals surface area contributed by atoms with Crippen molar-refractivity contribution in [1.29, 1.82) is 0 Å². The number of aromatic carboxylic acids is 1. The number of carboxylic acid groups (broad SMARTS) is 1. The number of nitrogens with zero attached hydrogens (tertiary/aromatic N) is 1. The van der Waals surface area contributed by atoms with Crippen LogP contribution in [0.4, 0.5) is 5.69 Å². The lowest BCUT2D eigenvalue weighted by atomic mass is 9.95. The molecule has 0 bridgehead atoms. The first-order valence-corrected chi connectivity index (χ1v) is 7.29. The molecular weight excluding hydrogens is 268 g/mol. The number of aromatic nitrogens is 2. The molecule has 6 heteroatoms. The van der Waals surface area contributed by atoms with Gasteiger partial charge in [-0.3, -0.25) is 0 Å². The van der Waals surface area contributed by atoms with Crippen molar-refractivity contribution < 1.29 is 9.90 Å². The average molecular weight is 290 g/mol. The lowest BCUT2D eigenvalue weighted by Crippen LogP contribution is -2.23. The molecule has 0 amide bonds. The SMILES string of the molecule is CN.O=C(O)c1cnc2[nH]ccc2c1NC1CCCCC1. The van der Waals surface area contributed by atoms with Crippen LogP contribution in [-0.2, 0) is 0 Å². The molecule has 1 aliphatic carbocycles. The number of fused-ring (bicyclic) bond motifs is 1. The summed E-state index contributed by atoms with van der Waals surface area (Å²) in [6.45, 7) is 0. The summed E-state index contributed by atoms with van der Waals surface area (Å²) in [6, 6.07) is 2.24. The smallest absolute Gasteiger partial charge is 0.339 e. The number of pyridine rings is 1. The van der Waals surface area contributed by atoms with E-state index < -0.39 is 5.97 Å². The van der Waals surface area contributed by atoms with Gasteiger partial charge in [0.15, 0.2) is 0 Å². The number of anilines is 1. The Morgan fingerprint density at radius 3 is 2.76 bits per heavy atom. The van der Waals surface area contributed by atoms with E-state index in [1.807, 2.05) is 6.07 Å². The van der Waals surface area contributed by atoms with Gasteiger partial charge < -0.3 is 21.1 Å². The van der Waals surface area contributed by atoms with Gasteiger partial charge in [-0.25, -0.2) is 9.78 Å². The number of nitrogens with one attached hydrogen (secondary N) is 2. The van der Waals surface area contributed by atoms with E-state index in [0.717, 1.165) is 23.9 Å². The van der Waals surface area contributed by atoms with E-state index in [9.17, 15) is 9.90 Å². The molecule has 1 aliphatic rings. The van der Waals surface area contributed by atoms with Crippen molar-refractivity contribution >= 4 is 22.7 Å². The predicted molar refractivity (Wildman–Crippen MR) is 83.7 cm³/mol. The van der Waals surface area contributed by atoms with E-state index in [2.05, 4.69) is 21.0 Å². The number of rotatable bonds is 3. The number of aromatic amines is 1. The van der Waals surface area contributed by atoms with Crippen LogP contribution in [0, 0.1) is 0 Å². The Kier molecular flexibility index (Phi) is 5.16. The largest absolute Gasteiger partial charge is 0.478 e. The standard InChI is InChI=1S/C14H17N3O2.CH5N/c18-14(19)11-8-16-13-10(6-7-15-13)12(11)17-9-4-2-1-3-5-9;1-2/h6-9H,1-5H2,(H,18,19)(H2,15,16,17);2H2,1H3. The number of hydrogen-bond acceptors (Lipinski definition) is 4. The zero-order valence-electron chi connectivity index (χ0n) is 12.2. The highest BCUT2D eigenvalue weighted by molar-refractivity contribution is 6.03. The van der Waals surface area contributed by atoms with Gasteiger partial charge in [0.25, 0.3) is 0 Å². The molecule has 0 atom stereocenters. The molecule has 0 spiro atoms. The Morgan fingerprint density at radius 2 is 2.10 bits per heavy atom. The highest BCUT2D eigenvalue weighted by Gasteiger charge is 2.19. The van der Waals surface area contributed by atoms with Gasteiger partial charge in [0, 0.05) is 23.8 Å². The maximum absolute atomic E-state index is 11.3. The molecule has 3 rings (SSSR count). The van der Waals surface area contributed by atoms with Gasteiger partial charge in [-0.15, -0.1) is 0 Å². The quantitative estimate of drug-likeness (QED) is 0.695. The first kappa shape index (κ1) is 15.3. The molecule has 6 nitrogen and oxygen atoms in total. The second-order valence-corrected chi connectivity index (χ2v) is 5.07. The summed E-state index contributed by atoms with van der Waals surface area (Å²) < 4.78 is 0. The second kappa shape index (κ2) is 7.08. The highest BCUT2D eigenvalue weighted by atomic mass is 16.4. The third-order valence-electron chi connectivity index (χ3n) is 3.77. The summed E-state index contributed by atoms with van der Waals surface area (Å²) in [5.74, 6) is -0.936. The highest BCUT2D eigenvalue weighted by Crippen LogP contribution is 2.29. The van der Waals surface area contributed by atoms with Crippen LogP contribution >= 0.6 is 0 Å². The molecule has 0 saturated heterocycles. The average Bonchev–Trinajstić information content (AvgIpc) is 2.99. The lowest BCUT2D eigenvalue weighted by molar-refractivity contribution is 0.0697. The van der Waals surface area contributed by atoms with Crippen molar-refractivity contribution in [3.63, 3.8) is 0 Å². The van der Waals surface area contributed by atoms with Crippen LogP contribution in [0.3, 0.4) is 0 Å². The molecule has 0 radical (unpaired) electrons. The fraction of sp³-hybridized carbons (Fsp3) is 0.467. The molecule has 2 aromatic rings. The summed E-state index contributed by atoms with van der Waals surface area (Å²) in [4.78, 5) is 18.5. The molecule has 0 aromatic carbocycles. The van der Waals surface area contributed by atoms with E-state index >= 15 is 0 Å². The lowest BCUT2D eigenvalue weighted by Gasteiger charge is -2.25. The molecular formula is C15H22N4O2. The van der Waals surface area contributed by atoms with E-state index in [1.165, 1.54) is 32.5 Å². The number of hydrogen-bond donors (Lipinski definition) is 4. The summed E-state index contributed by atoms with van der Waals surface area (Å²) >= 11 is 0. The van der Waals surface area contributed by atoms with Crippen LogP contribution in [0.1, 0.15) is 42.5 Å². The minimum atomic E-state index is -0.936. The van der Waals surface area contributed by atoms with Crippen LogP contribution in [0.15, 0.2) is 18.5 Å². The molecule has 21 heavy (non-hydrogen) atoms. The Balaban J connectivity index is 0.000000774. The van der Waals surface area contributed by atoms with Gasteiger partial charge in [0.2, 0.25) is 0 Å². The van der Waals surface area contributed by atoms with Crippen LogP contribution in [-0.4, -0.2) is 34.1 Å². The first-order chi connectivity index (χ1) is 10.3. The fourth-order valence-corrected chi connectivity index (χ4v) is 2.78. The van der Waals surface area contributed by atoms with Gasteiger partial charge >= 0.3 is 5.97 Å². The number of nitrogens with two attached hydrogens (primary N) is 1. The van der Waals surface area contributed by atoms with Crippen LogP contribution < -0.4 is 11.1 Å². The molecule has 1 saturated carbocycles. The first-order valence-electron chi connectivity index (χ1n) is 7.29. The summed E-state index contributed by atoms with van der Waals surface area (Å²) in [5.41, 5.74) is 6.17. The molecule has 2 heterocycles. The minimum Gasteiger partial charge on any atom is -0.478 e. The normalized spacial score (nSPS) is 15.3. The monoisotopic (exact) mass is 290 g/mol. The van der Waals surface area contributed by atoms with Crippen molar-refractivity contribution in [2.45, 2.75) is 38.1 Å². The summed E-state index contributed by atoms with van der Waals surface area (Å²) in [5, 5.41) is 13.6. The third-order valence-corrected chi connectivity index (χ3v) is 3.77. The van der Waals surface area contributed by atoms with Crippen LogP contribution in [0.5, 0.6) is 0 Å². The zero-order chi connectivity index (χ0) is 15.2. The number of H-pyrrole nitrogens is 1. The Bertz CT molecular complexity index is 603. The Hall–Kier alpha value is -2.08. The third kappa shape index (κ3) is 3.33. The van der Waals surface area contributed by atoms with Gasteiger partial charge in [-0.1, -0.05) is 19.3 Å². The van der Waals surface area contributed by atoms with Gasteiger partial charge in [0.1, 0.15) is 11.2 Å². The van der Waals surface area contributed by atoms with Crippen molar-refractivity contribution in [3.8, 4) is 0 Å². The van der Waals surface area contributed by atoms with Gasteiger partial charge in [-0.05, 0) is 26.0 Å². The molecule has 5 N–H and O–H groups in total. The van der Waals surface area contributed by atoms with Gasteiger partial charge in [0.05, 0.1) is 5.69 Å². The minimum absolute atomic E-state index is 0.248. The summed E-state index contributed by atoms with van der Waals surface area (Å²) in [7, 11) is 1.50. The summed E-state index contributed by atoms with van der Waals surface area (Å²) in [6.07, 6.45) is 9.12. The Morgan fingerprint density at radius 1 is 1.38 bits per heavy atom. The van der Waals surface area contributed by atoms with Gasteiger partial charge in [-0.2, -0.15) is 0 Å². The molecule has 114 valence electrons. The maximum Gasteiger partial charge on any atom is 0.339 e. The molecule has 1 fully saturated rings. The molecule has 0 aliphatic heterocycles. The van der Waals surface area contributed by atoms with Crippen molar-refractivity contribution in [3.05, 3.63) is 24.0 Å². The predicted octanol–water partition coefficient (Wildman–Crippen LogP) is 2.58. The zero-order valence-corrected chi connectivity index (χ0v) is 12.2. The number of carboxylic acids is 1. The van der Waals surface area contributed by atoms with Crippen molar-refractivity contribution in [2.24, 2.45) is 5.73 Å². The maximum atomic E-state index is 11.3. The van der Waals surface area contributed by atoms with E-state index in [1.54, 1.807) is 6.20 Å². The topological polar surface area (TPSA) is 104 Å². The van der Waals surface area contributed by atoms with E-state index in [-0.39, 0.29) is 5.56 Å². The fourth-order valence-electron chi connectivity index (χ4n) is 2.78. The van der Waals surface area contributed by atoms with Crippen LogP contribution in [0.25, 0.3) is 11.0 Å². The Labute approximate surface area is 123 Å². The molecule has 2 aromatic heterocycles. The van der Waals surface area contributed by atoms with Crippen molar-refractivity contribution in [1.82, 2.24) is 9.97 Å². The van der Waals surface area contributed by atoms with E-state index in [0.29, 0.717) is 11.7 Å². The van der Waals surface area contributed by atoms with Crippen molar-refractivity contribution in [2.75, 3.05) is 12.4 Å². The molecule has 0 unspecified atom stereocenters. The second-order valence-electron chi connectivity index (χ2n) is 5.07. The number of carbonyl (C=O) groups is 1. The van der Waals surface area contributed by atoms with Crippen LogP contribution in [0.2, 0.25) is 0 Å².